The third-order valence-electron chi connectivity index (χ3n) is 2.58. The summed E-state index contributed by atoms with van der Waals surface area (Å²) in [5.74, 6) is 0.529. The lowest BCUT2D eigenvalue weighted by molar-refractivity contribution is -0.123. The van der Waals surface area contributed by atoms with Gasteiger partial charge in [-0.1, -0.05) is 13.8 Å². The van der Waals surface area contributed by atoms with Crippen LogP contribution in [0.5, 0.6) is 0 Å². The van der Waals surface area contributed by atoms with Gasteiger partial charge in [-0.05, 0) is 12.3 Å². The zero-order valence-corrected chi connectivity index (χ0v) is 11.0. The fraction of sp³-hybridized carbons (Fsp3) is 0.667. The maximum absolute atomic E-state index is 11.7. The molecule has 5 heteroatoms. The van der Waals surface area contributed by atoms with Crippen LogP contribution in [0.1, 0.15) is 25.8 Å². The largest absolute Gasteiger partial charge is 0.358 e. The van der Waals surface area contributed by atoms with E-state index in [4.69, 9.17) is 0 Å². The van der Waals surface area contributed by atoms with Crippen molar-refractivity contribution in [1.29, 1.82) is 0 Å². The highest BCUT2D eigenvalue weighted by molar-refractivity contribution is 5.81. The first-order valence-electron chi connectivity index (χ1n) is 5.95. The molecule has 17 heavy (non-hydrogen) atoms. The third kappa shape index (κ3) is 4.56. The molecule has 0 saturated carbocycles. The van der Waals surface area contributed by atoms with Gasteiger partial charge in [-0.2, -0.15) is 5.10 Å². The Morgan fingerprint density at radius 1 is 1.53 bits per heavy atom. The SMILES string of the molecule is CNC(=O)C(CC(C)C)NCc1cnn(C)c1. The van der Waals surface area contributed by atoms with Gasteiger partial charge in [0.25, 0.3) is 0 Å². The van der Waals surface area contributed by atoms with Gasteiger partial charge in [-0.3, -0.25) is 9.48 Å². The fourth-order valence-corrected chi connectivity index (χ4v) is 1.73. The molecule has 1 amide bonds. The second-order valence-corrected chi connectivity index (χ2v) is 4.70. The smallest absolute Gasteiger partial charge is 0.236 e. The molecule has 0 saturated heterocycles. The summed E-state index contributed by atoms with van der Waals surface area (Å²) in [7, 11) is 3.55. The van der Waals surface area contributed by atoms with Crippen molar-refractivity contribution in [3.8, 4) is 0 Å². The van der Waals surface area contributed by atoms with E-state index in [1.165, 1.54) is 0 Å². The van der Waals surface area contributed by atoms with Crippen molar-refractivity contribution in [2.75, 3.05) is 7.05 Å². The van der Waals surface area contributed by atoms with E-state index < -0.39 is 0 Å². The van der Waals surface area contributed by atoms with E-state index in [9.17, 15) is 4.79 Å². The van der Waals surface area contributed by atoms with E-state index in [0.717, 1.165) is 12.0 Å². The average molecular weight is 238 g/mol. The number of aryl methyl sites for hydroxylation is 1. The predicted octanol–water partition coefficient (Wildman–Crippen LogP) is 0.670. The number of aromatic nitrogens is 2. The maximum Gasteiger partial charge on any atom is 0.236 e. The Balaban J connectivity index is 2.51. The summed E-state index contributed by atoms with van der Waals surface area (Å²) >= 11 is 0. The summed E-state index contributed by atoms with van der Waals surface area (Å²) in [5.41, 5.74) is 1.09. The zero-order chi connectivity index (χ0) is 12.8. The Bertz CT molecular complexity index is 359. The van der Waals surface area contributed by atoms with Gasteiger partial charge in [0.2, 0.25) is 5.91 Å². The Morgan fingerprint density at radius 3 is 2.71 bits per heavy atom. The quantitative estimate of drug-likeness (QED) is 0.766. The molecule has 1 unspecified atom stereocenters. The van der Waals surface area contributed by atoms with Crippen LogP contribution in [-0.4, -0.2) is 28.8 Å². The van der Waals surface area contributed by atoms with E-state index in [1.807, 2.05) is 19.4 Å². The topological polar surface area (TPSA) is 59.0 Å². The molecule has 5 nitrogen and oxygen atoms in total. The highest BCUT2D eigenvalue weighted by atomic mass is 16.2. The fourth-order valence-electron chi connectivity index (χ4n) is 1.73. The molecule has 0 fully saturated rings. The standard InChI is InChI=1S/C12H22N4O/c1-9(2)5-11(12(17)13-3)14-6-10-7-15-16(4)8-10/h7-9,11,14H,5-6H2,1-4H3,(H,13,17). The molecule has 1 heterocycles. The van der Waals surface area contributed by atoms with Crippen molar-refractivity contribution < 1.29 is 4.79 Å². The van der Waals surface area contributed by atoms with Crippen molar-refractivity contribution in [3.05, 3.63) is 18.0 Å². The van der Waals surface area contributed by atoms with Crippen LogP contribution in [0.2, 0.25) is 0 Å². The third-order valence-corrected chi connectivity index (χ3v) is 2.58. The number of nitrogens with one attached hydrogen (secondary N) is 2. The van der Waals surface area contributed by atoms with Crippen LogP contribution in [0.3, 0.4) is 0 Å². The summed E-state index contributed by atoms with van der Waals surface area (Å²) in [4.78, 5) is 11.7. The molecule has 0 aromatic carbocycles. The molecule has 0 bridgehead atoms. The normalized spacial score (nSPS) is 12.8. The lowest BCUT2D eigenvalue weighted by atomic mass is 10.0. The summed E-state index contributed by atoms with van der Waals surface area (Å²) in [6.45, 7) is 4.89. The average Bonchev–Trinajstić information content (AvgIpc) is 2.68. The monoisotopic (exact) mass is 238 g/mol. The molecule has 96 valence electrons. The Kier molecular flexibility index (Phi) is 5.15. The van der Waals surface area contributed by atoms with E-state index in [1.54, 1.807) is 11.7 Å². The van der Waals surface area contributed by atoms with E-state index >= 15 is 0 Å². The van der Waals surface area contributed by atoms with Crippen LogP contribution in [0, 0.1) is 5.92 Å². The van der Waals surface area contributed by atoms with E-state index in [-0.39, 0.29) is 11.9 Å². The lowest BCUT2D eigenvalue weighted by Crippen LogP contribution is -2.43. The van der Waals surface area contributed by atoms with Gasteiger partial charge in [0.15, 0.2) is 0 Å². The highest BCUT2D eigenvalue weighted by Gasteiger charge is 2.17. The first kappa shape index (κ1) is 13.7. The Labute approximate surface area is 103 Å². The van der Waals surface area contributed by atoms with Gasteiger partial charge >= 0.3 is 0 Å². The van der Waals surface area contributed by atoms with Gasteiger partial charge in [0.05, 0.1) is 12.2 Å². The van der Waals surface area contributed by atoms with Crippen LogP contribution in [0.4, 0.5) is 0 Å². The van der Waals surface area contributed by atoms with E-state index in [0.29, 0.717) is 12.5 Å². The summed E-state index contributed by atoms with van der Waals surface area (Å²) in [5, 5.41) is 10.1. The Morgan fingerprint density at radius 2 is 2.24 bits per heavy atom. The van der Waals surface area contributed by atoms with Gasteiger partial charge < -0.3 is 10.6 Å². The molecular weight excluding hydrogens is 216 g/mol. The Hall–Kier alpha value is -1.36. The van der Waals surface area contributed by atoms with Crippen molar-refractivity contribution in [3.63, 3.8) is 0 Å². The summed E-state index contributed by atoms with van der Waals surface area (Å²) < 4.78 is 1.76. The van der Waals surface area contributed by atoms with Gasteiger partial charge in [0, 0.05) is 32.4 Å². The first-order chi connectivity index (χ1) is 8.02. The molecule has 0 aliphatic carbocycles. The maximum atomic E-state index is 11.7. The molecule has 0 spiro atoms. The number of carbonyl (C=O) groups is 1. The molecule has 0 aliphatic rings. The number of rotatable bonds is 6. The zero-order valence-electron chi connectivity index (χ0n) is 11.0. The molecule has 1 aromatic heterocycles. The van der Waals surface area contributed by atoms with Crippen molar-refractivity contribution in [2.45, 2.75) is 32.9 Å². The number of carbonyl (C=O) groups excluding carboxylic acids is 1. The van der Waals surface area contributed by atoms with Crippen LogP contribution in [0.25, 0.3) is 0 Å². The second kappa shape index (κ2) is 6.39. The summed E-state index contributed by atoms with van der Waals surface area (Å²) in [6.07, 6.45) is 4.59. The minimum absolute atomic E-state index is 0.0441. The number of nitrogens with zero attached hydrogens (tertiary/aromatic N) is 2. The van der Waals surface area contributed by atoms with Gasteiger partial charge in [-0.15, -0.1) is 0 Å². The van der Waals surface area contributed by atoms with Crippen LogP contribution in [-0.2, 0) is 18.4 Å². The molecule has 2 N–H and O–H groups in total. The minimum Gasteiger partial charge on any atom is -0.358 e. The highest BCUT2D eigenvalue weighted by Crippen LogP contribution is 2.06. The second-order valence-electron chi connectivity index (χ2n) is 4.70. The number of hydrogen-bond acceptors (Lipinski definition) is 3. The van der Waals surface area contributed by atoms with Crippen molar-refractivity contribution >= 4 is 5.91 Å². The van der Waals surface area contributed by atoms with Gasteiger partial charge in [-0.25, -0.2) is 0 Å². The molecular formula is C12H22N4O. The van der Waals surface area contributed by atoms with Crippen molar-refractivity contribution in [1.82, 2.24) is 20.4 Å². The number of hydrogen-bond donors (Lipinski definition) is 2. The van der Waals surface area contributed by atoms with Gasteiger partial charge in [0.1, 0.15) is 0 Å². The number of amides is 1. The van der Waals surface area contributed by atoms with Crippen molar-refractivity contribution in [2.24, 2.45) is 13.0 Å². The van der Waals surface area contributed by atoms with Crippen LogP contribution < -0.4 is 10.6 Å². The van der Waals surface area contributed by atoms with Crippen LogP contribution >= 0.6 is 0 Å². The molecule has 0 aliphatic heterocycles. The molecule has 1 aromatic rings. The molecule has 1 rings (SSSR count). The molecule has 1 atom stereocenters. The minimum atomic E-state index is -0.139. The lowest BCUT2D eigenvalue weighted by Gasteiger charge is -2.18. The summed E-state index contributed by atoms with van der Waals surface area (Å²) in [6, 6.07) is -0.139. The first-order valence-corrected chi connectivity index (χ1v) is 5.95. The predicted molar refractivity (Wildman–Crippen MR) is 67.4 cm³/mol. The molecule has 0 radical (unpaired) electrons. The van der Waals surface area contributed by atoms with Crippen LogP contribution in [0.15, 0.2) is 12.4 Å². The number of likely N-dealkylation sites (N-methyl/N-ethyl adjacent to an activating group) is 1. The van der Waals surface area contributed by atoms with E-state index in [2.05, 4.69) is 29.6 Å².